The van der Waals surface area contributed by atoms with Crippen LogP contribution in [0.5, 0.6) is 0 Å². The molecule has 6 rings (SSSR count). The second-order valence-corrected chi connectivity index (χ2v) is 13.8. The molecular weight excluding hydrogens is 675 g/mol. The number of amides is 2. The van der Waals surface area contributed by atoms with E-state index in [4.69, 9.17) is 39.8 Å². The Labute approximate surface area is 300 Å². The number of ketones is 1. The smallest absolute Gasteiger partial charge is 0.305 e. The fourth-order valence-electron chi connectivity index (χ4n) is 6.89. The number of Topliss-reactive ketones (excluding diaryl/α,β-unsaturated/α-hetero) is 1. The number of fused-ring (bicyclic) bond motifs is 2. The molecule has 0 saturated heterocycles. The van der Waals surface area contributed by atoms with E-state index >= 15 is 0 Å². The van der Waals surface area contributed by atoms with Gasteiger partial charge in [-0.1, -0.05) is 83.9 Å². The number of nitrogens with two attached hydrogens (primary N) is 2. The predicted octanol–water partition coefficient (Wildman–Crippen LogP) is 5.87. The largest absolute Gasteiger partial charge is 0.481 e. The molecule has 0 spiro atoms. The van der Waals surface area contributed by atoms with Crippen molar-refractivity contribution in [2.45, 2.75) is 57.8 Å². The highest BCUT2D eigenvalue weighted by Gasteiger charge is 2.28. The van der Waals surface area contributed by atoms with Crippen molar-refractivity contribution >= 4 is 46.8 Å². The molecule has 2 atom stereocenters. The molecule has 2 aliphatic heterocycles. The van der Waals surface area contributed by atoms with Gasteiger partial charge in [0.25, 0.3) is 0 Å². The van der Waals surface area contributed by atoms with Crippen molar-refractivity contribution in [3.63, 3.8) is 0 Å². The molecule has 0 aromatic heterocycles. The number of benzene rings is 4. The van der Waals surface area contributed by atoms with Gasteiger partial charge in [0, 0.05) is 54.9 Å². The highest BCUT2D eigenvalue weighted by Crippen LogP contribution is 2.43. The Kier molecular flexibility index (Phi) is 10.4. The summed E-state index contributed by atoms with van der Waals surface area (Å²) in [4.78, 5) is 51.8. The molecule has 5 N–H and O–H groups in total. The van der Waals surface area contributed by atoms with Crippen LogP contribution in [0.25, 0.3) is 33.4 Å². The Balaban J connectivity index is 1.27. The SMILES string of the molecule is CC(=O)CC(N)C(=O)N1CCc2ccc(-c3cccc(-c4cccc(-c5ccc6c(c5)CN(C(=O)C(N)CC(=O)O)CC6)c4Cl)c3Cl)cc2C1. The van der Waals surface area contributed by atoms with Crippen molar-refractivity contribution in [1.29, 1.82) is 0 Å². The number of carboxylic acid groups (broad SMARTS) is 1. The lowest BCUT2D eigenvalue weighted by atomic mass is 9.91. The van der Waals surface area contributed by atoms with E-state index < -0.39 is 24.5 Å². The van der Waals surface area contributed by atoms with Crippen LogP contribution in [0.4, 0.5) is 0 Å². The Morgan fingerprint density at radius 2 is 1.08 bits per heavy atom. The number of nitrogens with zero attached hydrogens (tertiary/aromatic N) is 2. The summed E-state index contributed by atoms with van der Waals surface area (Å²) >= 11 is 14.3. The minimum atomic E-state index is -1.11. The zero-order chi connectivity index (χ0) is 35.7. The minimum absolute atomic E-state index is 0.0197. The van der Waals surface area contributed by atoms with Gasteiger partial charge in [-0.25, -0.2) is 0 Å². The van der Waals surface area contributed by atoms with Crippen LogP contribution < -0.4 is 11.5 Å². The van der Waals surface area contributed by atoms with Crippen molar-refractivity contribution in [2.75, 3.05) is 13.1 Å². The highest BCUT2D eigenvalue weighted by atomic mass is 35.5. The zero-order valence-corrected chi connectivity index (χ0v) is 29.1. The fourth-order valence-corrected chi connectivity index (χ4v) is 7.57. The third-order valence-electron chi connectivity index (χ3n) is 9.51. The summed E-state index contributed by atoms with van der Waals surface area (Å²) in [5.74, 6) is -1.83. The molecule has 2 amide bonds. The van der Waals surface area contributed by atoms with Crippen molar-refractivity contribution in [3.05, 3.63) is 105 Å². The Morgan fingerprint density at radius 1 is 0.660 bits per heavy atom. The lowest BCUT2D eigenvalue weighted by Crippen LogP contribution is -2.46. The number of carbonyl (C=O) groups is 4. The third kappa shape index (κ3) is 7.32. The number of carboxylic acids is 1. The molecule has 0 radical (unpaired) electrons. The molecule has 2 aliphatic rings. The molecule has 2 heterocycles. The summed E-state index contributed by atoms with van der Waals surface area (Å²) in [5, 5.41) is 10.1. The summed E-state index contributed by atoms with van der Waals surface area (Å²) < 4.78 is 0. The van der Waals surface area contributed by atoms with Crippen molar-refractivity contribution in [3.8, 4) is 33.4 Å². The quantitative estimate of drug-likeness (QED) is 0.197. The average Bonchev–Trinajstić information content (AvgIpc) is 3.09. The topological polar surface area (TPSA) is 147 Å². The van der Waals surface area contributed by atoms with Gasteiger partial charge in [0.05, 0.1) is 28.5 Å². The molecule has 50 heavy (non-hydrogen) atoms. The Bertz CT molecular complexity index is 1870. The minimum Gasteiger partial charge on any atom is -0.481 e. The normalized spacial score (nSPS) is 15.1. The van der Waals surface area contributed by atoms with Crippen LogP contribution in [-0.2, 0) is 45.1 Å². The standard InChI is InChI=1S/C39H38Cl2N4O5/c1-22(46)16-33(42)38(49)44-14-12-23-8-10-25(17-27(23)20-44)29-4-2-6-31(36(29)40)32-7-3-5-30(37(32)41)26-11-9-24-13-15-45(21-28(24)18-26)39(50)34(43)19-35(47)48/h2-11,17-18,33-34H,12-16,19-21,42-43H2,1H3,(H,47,48). The van der Waals surface area contributed by atoms with E-state index in [1.807, 2.05) is 60.7 Å². The van der Waals surface area contributed by atoms with Crippen molar-refractivity contribution < 1.29 is 24.3 Å². The molecule has 9 nitrogen and oxygen atoms in total. The number of rotatable bonds is 9. The molecule has 258 valence electrons. The molecule has 0 saturated carbocycles. The van der Waals surface area contributed by atoms with E-state index in [-0.39, 0.29) is 24.0 Å². The van der Waals surface area contributed by atoms with E-state index in [1.54, 1.807) is 9.80 Å². The zero-order valence-electron chi connectivity index (χ0n) is 27.6. The van der Waals surface area contributed by atoms with E-state index in [1.165, 1.54) is 6.92 Å². The first-order valence-electron chi connectivity index (χ1n) is 16.5. The maximum absolute atomic E-state index is 13.0. The lowest BCUT2D eigenvalue weighted by Gasteiger charge is -2.31. The summed E-state index contributed by atoms with van der Waals surface area (Å²) in [7, 11) is 0. The van der Waals surface area contributed by atoms with Gasteiger partial charge in [-0.3, -0.25) is 19.2 Å². The van der Waals surface area contributed by atoms with Gasteiger partial charge < -0.3 is 26.4 Å². The number of carbonyl (C=O) groups excluding carboxylic acids is 3. The molecule has 2 unspecified atom stereocenters. The number of halogens is 2. The van der Waals surface area contributed by atoms with Crippen LogP contribution in [-0.4, -0.2) is 63.6 Å². The summed E-state index contributed by atoms with van der Waals surface area (Å²) in [5.41, 5.74) is 21.1. The molecule has 11 heteroatoms. The van der Waals surface area contributed by atoms with Crippen LogP contribution in [0.3, 0.4) is 0 Å². The van der Waals surface area contributed by atoms with E-state index in [9.17, 15) is 19.2 Å². The number of hydrogen-bond donors (Lipinski definition) is 3. The fraction of sp³-hybridized carbons (Fsp3) is 0.282. The summed E-state index contributed by atoms with van der Waals surface area (Å²) in [6, 6.07) is 21.9. The molecular formula is C39H38Cl2N4O5. The number of aliphatic carboxylic acids is 1. The predicted molar refractivity (Wildman–Crippen MR) is 195 cm³/mol. The second-order valence-electron chi connectivity index (χ2n) is 13.0. The monoisotopic (exact) mass is 712 g/mol. The van der Waals surface area contributed by atoms with Gasteiger partial charge >= 0.3 is 5.97 Å². The van der Waals surface area contributed by atoms with Crippen LogP contribution >= 0.6 is 23.2 Å². The van der Waals surface area contributed by atoms with Gasteiger partial charge in [-0.15, -0.1) is 0 Å². The molecule has 0 bridgehead atoms. The first-order chi connectivity index (χ1) is 23.9. The van der Waals surface area contributed by atoms with Gasteiger partial charge in [0.2, 0.25) is 11.8 Å². The first-order valence-corrected chi connectivity index (χ1v) is 17.3. The van der Waals surface area contributed by atoms with E-state index in [0.717, 1.165) is 55.6 Å². The highest BCUT2D eigenvalue weighted by molar-refractivity contribution is 6.39. The molecule has 0 aliphatic carbocycles. The van der Waals surface area contributed by atoms with Crippen molar-refractivity contribution in [2.24, 2.45) is 11.5 Å². The van der Waals surface area contributed by atoms with Gasteiger partial charge in [-0.05, 0) is 65.3 Å². The van der Waals surface area contributed by atoms with Crippen LogP contribution in [0.2, 0.25) is 10.0 Å². The van der Waals surface area contributed by atoms with Crippen LogP contribution in [0, 0.1) is 0 Å². The summed E-state index contributed by atoms with van der Waals surface area (Å²) in [6.45, 7) is 3.19. The van der Waals surface area contributed by atoms with Gasteiger partial charge in [0.15, 0.2) is 0 Å². The van der Waals surface area contributed by atoms with Gasteiger partial charge in [0.1, 0.15) is 5.78 Å². The van der Waals surface area contributed by atoms with E-state index in [0.29, 0.717) is 49.1 Å². The van der Waals surface area contributed by atoms with Crippen LogP contribution in [0.1, 0.15) is 42.0 Å². The van der Waals surface area contributed by atoms with Crippen molar-refractivity contribution in [1.82, 2.24) is 9.80 Å². The van der Waals surface area contributed by atoms with Crippen LogP contribution in [0.15, 0.2) is 72.8 Å². The Hall–Kier alpha value is -4.54. The second kappa shape index (κ2) is 14.7. The van der Waals surface area contributed by atoms with E-state index in [2.05, 4.69) is 12.1 Å². The number of hydrogen-bond acceptors (Lipinski definition) is 6. The molecule has 4 aromatic rings. The molecule has 0 fully saturated rings. The lowest BCUT2D eigenvalue weighted by molar-refractivity contribution is -0.142. The summed E-state index contributed by atoms with van der Waals surface area (Å²) in [6.07, 6.45) is 0.937. The average molecular weight is 714 g/mol. The Morgan fingerprint density at radius 3 is 1.50 bits per heavy atom. The third-order valence-corrected chi connectivity index (χ3v) is 10.3. The molecule has 4 aromatic carbocycles. The van der Waals surface area contributed by atoms with Gasteiger partial charge in [-0.2, -0.15) is 0 Å². The maximum Gasteiger partial charge on any atom is 0.305 e. The first kappa shape index (κ1) is 35.3. The maximum atomic E-state index is 13.0.